The largest absolute Gasteiger partial charge is 0.240 e. The number of aryl methyl sites for hydroxylation is 1. The van der Waals surface area contributed by atoms with E-state index in [1.54, 1.807) is 0 Å². The Kier molecular flexibility index (Phi) is 4.42. The summed E-state index contributed by atoms with van der Waals surface area (Å²) < 4.78 is 2.01. The quantitative estimate of drug-likeness (QED) is 0.351. The van der Waals surface area contributed by atoms with Gasteiger partial charge >= 0.3 is 0 Å². The third-order valence-electron chi connectivity index (χ3n) is 6.36. The van der Waals surface area contributed by atoms with Crippen LogP contribution in [0.5, 0.6) is 0 Å². The van der Waals surface area contributed by atoms with E-state index < -0.39 is 0 Å². The molecule has 2 aromatic heterocycles. The minimum absolute atomic E-state index is 1.02. The fourth-order valence-electron chi connectivity index (χ4n) is 4.63. The van der Waals surface area contributed by atoms with Crippen LogP contribution in [0.4, 0.5) is 0 Å². The molecule has 2 heteroatoms. The molecule has 0 N–H and O–H groups in total. The predicted molar refractivity (Wildman–Crippen MR) is 130 cm³/mol. The van der Waals surface area contributed by atoms with Crippen molar-refractivity contribution in [3.05, 3.63) is 108 Å². The molecule has 31 heavy (non-hydrogen) atoms. The summed E-state index contributed by atoms with van der Waals surface area (Å²) in [5, 5.41) is 4.84. The third kappa shape index (κ3) is 3.44. The summed E-state index contributed by atoms with van der Waals surface area (Å²) in [6.45, 7) is 0. The first-order chi connectivity index (χ1) is 15.3. The Balaban J connectivity index is 1.31. The summed E-state index contributed by atoms with van der Waals surface area (Å²) in [5.74, 6) is 0. The first-order valence-corrected chi connectivity index (χ1v) is 11.1. The van der Waals surface area contributed by atoms with E-state index in [2.05, 4.69) is 97.2 Å². The highest BCUT2D eigenvalue weighted by Gasteiger charge is 2.11. The highest BCUT2D eigenvalue weighted by molar-refractivity contribution is 5.76. The van der Waals surface area contributed by atoms with Crippen molar-refractivity contribution in [1.29, 1.82) is 0 Å². The number of allylic oxidation sites excluding steroid dienone is 5. The molecule has 150 valence electrons. The number of nitrogens with zero attached hydrogens (tertiary/aromatic N) is 2. The summed E-state index contributed by atoms with van der Waals surface area (Å²) in [7, 11) is 0. The Bertz CT molecular complexity index is 1360. The highest BCUT2D eigenvalue weighted by Crippen LogP contribution is 2.30. The van der Waals surface area contributed by atoms with Crippen molar-refractivity contribution in [1.82, 2.24) is 9.61 Å². The molecule has 0 radical (unpaired) electrons. The average molecular weight is 401 g/mol. The van der Waals surface area contributed by atoms with E-state index in [1.807, 2.05) is 4.52 Å². The Labute approximate surface area is 182 Å². The lowest BCUT2D eigenvalue weighted by atomic mass is 9.94. The van der Waals surface area contributed by atoms with Crippen molar-refractivity contribution in [2.75, 3.05) is 0 Å². The van der Waals surface area contributed by atoms with Crippen molar-refractivity contribution >= 4 is 17.2 Å². The van der Waals surface area contributed by atoms with Gasteiger partial charge in [0, 0.05) is 11.8 Å². The molecule has 0 saturated carbocycles. The van der Waals surface area contributed by atoms with E-state index in [-0.39, 0.29) is 0 Å². The molecule has 0 bridgehead atoms. The number of benzene rings is 2. The van der Waals surface area contributed by atoms with Crippen LogP contribution in [0.2, 0.25) is 0 Å². The molecule has 0 unspecified atom stereocenters. The number of hydrogen-bond acceptors (Lipinski definition) is 1. The Morgan fingerprint density at radius 1 is 0.742 bits per heavy atom. The number of rotatable bonds is 3. The van der Waals surface area contributed by atoms with Crippen molar-refractivity contribution in [2.45, 2.75) is 25.7 Å². The van der Waals surface area contributed by atoms with Crippen molar-refractivity contribution in [3.8, 4) is 22.4 Å². The van der Waals surface area contributed by atoms with Crippen LogP contribution in [0.25, 0.3) is 39.6 Å². The third-order valence-corrected chi connectivity index (χ3v) is 6.36. The van der Waals surface area contributed by atoms with Gasteiger partial charge in [-0.1, -0.05) is 72.8 Å². The zero-order valence-corrected chi connectivity index (χ0v) is 17.5. The first-order valence-electron chi connectivity index (χ1n) is 11.1. The molecule has 2 nitrogen and oxygen atoms in total. The van der Waals surface area contributed by atoms with Crippen molar-refractivity contribution in [3.63, 3.8) is 0 Å². The van der Waals surface area contributed by atoms with Gasteiger partial charge in [0.15, 0.2) is 0 Å². The van der Waals surface area contributed by atoms with Gasteiger partial charge < -0.3 is 0 Å². The van der Waals surface area contributed by atoms with Crippen LogP contribution in [0, 0.1) is 0 Å². The fourth-order valence-corrected chi connectivity index (χ4v) is 4.63. The molecule has 4 aromatic rings. The summed E-state index contributed by atoms with van der Waals surface area (Å²) in [6.07, 6.45) is 17.7. The van der Waals surface area contributed by atoms with Gasteiger partial charge in [-0.15, -0.1) is 0 Å². The van der Waals surface area contributed by atoms with Gasteiger partial charge in [-0.3, -0.25) is 0 Å². The zero-order valence-electron chi connectivity index (χ0n) is 17.5. The highest BCUT2D eigenvalue weighted by atomic mass is 15.2. The van der Waals surface area contributed by atoms with Gasteiger partial charge in [-0.2, -0.15) is 5.10 Å². The number of aromatic nitrogens is 2. The number of pyridine rings is 1. The maximum Gasteiger partial charge on any atom is 0.0933 e. The molecule has 2 aromatic carbocycles. The topological polar surface area (TPSA) is 17.3 Å². The van der Waals surface area contributed by atoms with E-state index in [0.717, 1.165) is 42.5 Å². The Hall–Kier alpha value is -3.65. The van der Waals surface area contributed by atoms with Crippen LogP contribution in [-0.2, 0) is 6.42 Å². The molecule has 6 rings (SSSR count). The van der Waals surface area contributed by atoms with Crippen LogP contribution in [0.1, 0.15) is 36.0 Å². The van der Waals surface area contributed by atoms with Gasteiger partial charge in [0.05, 0.1) is 11.2 Å². The van der Waals surface area contributed by atoms with E-state index in [9.17, 15) is 0 Å². The molecule has 2 heterocycles. The normalized spacial score (nSPS) is 15.2. The molecule has 0 fully saturated rings. The molecular formula is C29H24N2. The molecule has 0 atom stereocenters. The van der Waals surface area contributed by atoms with Gasteiger partial charge in [-0.25, -0.2) is 4.52 Å². The van der Waals surface area contributed by atoms with Crippen LogP contribution in [0.3, 0.4) is 0 Å². The second kappa shape index (κ2) is 7.55. The number of hydrogen-bond donors (Lipinski definition) is 0. The standard InChI is InChI=1S/C29H24N2/c1-2-7-21(8-3-1)24-11-6-12-25(17-24)22-13-15-23(16-14-22)29-19-28-18-26-9-4-5-10-27(26)20-31(28)30-29/h1-2,5-7,10-20H,3-4,8-9H2. The SMILES string of the molecule is C1=CCCC(c2cccc(-c3ccc(-c4cc5cc6c(cn5n4)C=CCC6)cc3)c2)=C1. The van der Waals surface area contributed by atoms with Crippen LogP contribution in [-0.4, -0.2) is 9.61 Å². The fraction of sp³-hybridized carbons (Fsp3) is 0.138. The van der Waals surface area contributed by atoms with E-state index in [4.69, 9.17) is 5.10 Å². The van der Waals surface area contributed by atoms with Crippen LogP contribution < -0.4 is 0 Å². The average Bonchev–Trinajstić information content (AvgIpc) is 3.26. The molecule has 0 saturated heterocycles. The second-order valence-corrected chi connectivity index (χ2v) is 8.41. The Morgan fingerprint density at radius 3 is 2.45 bits per heavy atom. The predicted octanol–water partition coefficient (Wildman–Crippen LogP) is 7.36. The molecular weight excluding hydrogens is 376 g/mol. The lowest BCUT2D eigenvalue weighted by Crippen LogP contribution is -1.98. The summed E-state index contributed by atoms with van der Waals surface area (Å²) in [4.78, 5) is 0. The minimum Gasteiger partial charge on any atom is -0.240 e. The van der Waals surface area contributed by atoms with Crippen molar-refractivity contribution < 1.29 is 0 Å². The molecule has 0 amide bonds. The maximum atomic E-state index is 4.84. The number of fused-ring (bicyclic) bond motifs is 2. The van der Waals surface area contributed by atoms with E-state index in [0.29, 0.717) is 0 Å². The van der Waals surface area contributed by atoms with E-state index >= 15 is 0 Å². The molecule has 0 aliphatic heterocycles. The summed E-state index contributed by atoms with van der Waals surface area (Å²) >= 11 is 0. The van der Waals surface area contributed by atoms with Gasteiger partial charge in [-0.05, 0) is 77.3 Å². The monoisotopic (exact) mass is 400 g/mol. The smallest absolute Gasteiger partial charge is 0.0933 e. The van der Waals surface area contributed by atoms with Crippen molar-refractivity contribution in [2.24, 2.45) is 0 Å². The minimum atomic E-state index is 1.02. The molecule has 2 aliphatic carbocycles. The second-order valence-electron chi connectivity index (χ2n) is 8.41. The zero-order chi connectivity index (χ0) is 20.6. The summed E-state index contributed by atoms with van der Waals surface area (Å²) in [6, 6.07) is 22.1. The first kappa shape index (κ1) is 18.1. The molecule has 2 aliphatic rings. The lowest BCUT2D eigenvalue weighted by Gasteiger charge is -2.11. The Morgan fingerprint density at radius 2 is 1.58 bits per heavy atom. The lowest BCUT2D eigenvalue weighted by molar-refractivity contribution is 0.928. The van der Waals surface area contributed by atoms with Gasteiger partial charge in [0.25, 0.3) is 0 Å². The maximum absolute atomic E-state index is 4.84. The van der Waals surface area contributed by atoms with Gasteiger partial charge in [0.1, 0.15) is 0 Å². The summed E-state index contributed by atoms with van der Waals surface area (Å²) in [5.41, 5.74) is 11.3. The van der Waals surface area contributed by atoms with E-state index in [1.165, 1.54) is 33.4 Å². The van der Waals surface area contributed by atoms with Crippen LogP contribution >= 0.6 is 0 Å². The van der Waals surface area contributed by atoms with Gasteiger partial charge in [0.2, 0.25) is 0 Å². The molecule has 0 spiro atoms. The van der Waals surface area contributed by atoms with Crippen LogP contribution in [0.15, 0.2) is 91.2 Å².